The lowest BCUT2D eigenvalue weighted by molar-refractivity contribution is -0.328. The zero-order chi connectivity index (χ0) is 52.3. The Kier molecular flexibility index (Phi) is 17.2. The predicted molar refractivity (Wildman–Crippen MR) is 259 cm³/mol. The van der Waals surface area contributed by atoms with Crippen LogP contribution in [-0.4, -0.2) is 149 Å². The molecule has 6 aliphatic heterocycles. The topological polar surface area (TPSA) is 243 Å². The van der Waals surface area contributed by atoms with E-state index in [4.69, 9.17) is 44.9 Å². The minimum absolute atomic E-state index is 0.00481. The molecule has 6 heterocycles. The van der Waals surface area contributed by atoms with E-state index in [-0.39, 0.29) is 74.4 Å². The number of anilines is 1. The van der Waals surface area contributed by atoms with Gasteiger partial charge in [0.2, 0.25) is 17.7 Å². The third-order valence-electron chi connectivity index (χ3n) is 14.4. The second-order valence-electron chi connectivity index (χ2n) is 20.0. The number of rotatable bonds is 14. The standard InChI is InChI=1S/C50H65ClN4O16S/c1-28-10-8-11-36(66-7)50(64)25-38(69-47(63)52-50)49(4)27-48(3,71-49)37(24-41(58)53(5)33-21-31(20-28)22-34(65-6)43(33)51)68-45(61)29(2)67-18-9-19-72-35-23-42(59)54(44(35)60)26-30-12-14-32(15-13-30)46(62)70-55-39(56)16-17-40(55)57/h8,10-11,21-22,29-30,32,35-38,64H,9,12-20,23-27H2,1-7H3,(H,52,63)/b11-8+,28-10+/t29-,30-,32-,35?,36+,37-,38?,48+,49?,50-/m0/s1. The van der Waals surface area contributed by atoms with Crippen molar-refractivity contribution >= 4 is 76.6 Å². The number of benzene rings is 1. The van der Waals surface area contributed by atoms with Crippen LogP contribution < -0.4 is 15.0 Å². The molecule has 1 aromatic carbocycles. The maximum Gasteiger partial charge on any atom is 0.409 e. The molecule has 4 saturated heterocycles. The molecular formula is C50H65ClN4O16S. The van der Waals surface area contributed by atoms with Crippen molar-refractivity contribution in [3.8, 4) is 5.75 Å². The summed E-state index contributed by atoms with van der Waals surface area (Å²) in [6, 6.07) is 3.56. The molecule has 3 unspecified atom stereocenters. The molecule has 2 N–H and O–H groups in total. The SMILES string of the molecule is COc1cc2cc(c1Cl)N(C)C(=O)C[C@H](OC(=O)[C@H](C)OCCCSC1CC(=O)N(C[C@H]3CC[C@H](C(=O)ON4C(=O)CCC4=O)CC3)C1=O)[C@@]1(C)CC(C)(O1)C1C[C@@](O)(NC(=O)O1)[C@H](OC)/C=C/C=C(\C)C2. The molecule has 22 heteroatoms. The number of hydrogen-bond acceptors (Lipinski definition) is 17. The Labute approximate surface area is 427 Å². The molecule has 6 bridgehead atoms. The summed E-state index contributed by atoms with van der Waals surface area (Å²) in [5.74, 6) is -3.17. The van der Waals surface area contributed by atoms with Crippen molar-refractivity contribution in [2.24, 2.45) is 11.8 Å². The molecule has 8 atom stereocenters. The van der Waals surface area contributed by atoms with Crippen LogP contribution in [-0.2, 0) is 68.5 Å². The van der Waals surface area contributed by atoms with Crippen LogP contribution in [0.25, 0.3) is 0 Å². The highest BCUT2D eigenvalue weighted by molar-refractivity contribution is 8.00. The smallest absolute Gasteiger partial charge is 0.409 e. The van der Waals surface area contributed by atoms with Crippen LogP contribution in [0.3, 0.4) is 0 Å². The molecule has 1 aromatic rings. The molecule has 7 aliphatic rings. The molecule has 20 nitrogen and oxygen atoms in total. The Morgan fingerprint density at radius 1 is 0.986 bits per heavy atom. The number of carbonyl (C=O) groups excluding carboxylic acids is 8. The number of halogens is 1. The van der Waals surface area contributed by atoms with Gasteiger partial charge in [0.05, 0.1) is 30.4 Å². The number of amides is 6. The summed E-state index contributed by atoms with van der Waals surface area (Å²) in [6.45, 7) is 7.19. The highest BCUT2D eigenvalue weighted by Gasteiger charge is 2.63. The summed E-state index contributed by atoms with van der Waals surface area (Å²) in [5.41, 5.74) is -2.32. The number of nitrogens with one attached hydrogen (secondary N) is 1. The maximum absolute atomic E-state index is 14.3. The first-order chi connectivity index (χ1) is 34.1. The molecule has 0 radical (unpaired) electrons. The van der Waals surface area contributed by atoms with Gasteiger partial charge in [0, 0.05) is 59.4 Å². The van der Waals surface area contributed by atoms with Gasteiger partial charge >= 0.3 is 18.0 Å². The monoisotopic (exact) mass is 1040 g/mol. The van der Waals surface area contributed by atoms with Gasteiger partial charge in [0.25, 0.3) is 11.8 Å². The third-order valence-corrected chi connectivity index (χ3v) is 16.1. The lowest BCUT2D eigenvalue weighted by atomic mass is 9.72. The Morgan fingerprint density at radius 3 is 2.35 bits per heavy atom. The van der Waals surface area contributed by atoms with E-state index in [0.29, 0.717) is 60.8 Å². The average Bonchev–Trinajstić information content (AvgIpc) is 3.78. The van der Waals surface area contributed by atoms with Gasteiger partial charge in [0.15, 0.2) is 11.8 Å². The summed E-state index contributed by atoms with van der Waals surface area (Å²) < 4.78 is 35.5. The van der Waals surface area contributed by atoms with Gasteiger partial charge in [-0.25, -0.2) is 14.4 Å². The number of nitrogens with zero attached hydrogens (tertiary/aromatic N) is 3. The highest BCUT2D eigenvalue weighted by Crippen LogP contribution is 2.51. The molecule has 1 saturated carbocycles. The number of hydrogen-bond donors (Lipinski definition) is 2. The van der Waals surface area contributed by atoms with Crippen molar-refractivity contribution in [2.75, 3.05) is 45.1 Å². The second-order valence-corrected chi connectivity index (χ2v) is 21.7. The van der Waals surface area contributed by atoms with Crippen LogP contribution in [0.2, 0.25) is 5.02 Å². The average molecular weight is 1050 g/mol. The Morgan fingerprint density at radius 2 is 1.68 bits per heavy atom. The molecular weight excluding hydrogens is 980 g/mol. The number of ether oxygens (including phenoxy) is 6. The van der Waals surface area contributed by atoms with Gasteiger partial charge in [-0.3, -0.25) is 34.2 Å². The number of hydroxylamine groups is 2. The van der Waals surface area contributed by atoms with Crippen molar-refractivity contribution in [1.82, 2.24) is 15.3 Å². The fourth-order valence-electron chi connectivity index (χ4n) is 10.4. The van der Waals surface area contributed by atoms with Crippen LogP contribution in [0.15, 0.2) is 35.9 Å². The van der Waals surface area contributed by atoms with E-state index in [1.54, 1.807) is 45.2 Å². The number of imide groups is 2. The van der Waals surface area contributed by atoms with E-state index in [1.807, 2.05) is 13.0 Å². The number of esters is 1. The maximum atomic E-state index is 14.3. The number of likely N-dealkylation sites (tertiary alicyclic amines) is 1. The molecule has 5 fully saturated rings. The van der Waals surface area contributed by atoms with Gasteiger partial charge in [-0.15, -0.1) is 16.8 Å². The molecule has 8 rings (SSSR count). The summed E-state index contributed by atoms with van der Waals surface area (Å²) in [7, 11) is 4.45. The summed E-state index contributed by atoms with van der Waals surface area (Å²) in [6.07, 6.45) is 2.70. The summed E-state index contributed by atoms with van der Waals surface area (Å²) in [5, 5.41) is 14.5. The molecule has 6 amide bonds. The first-order valence-electron chi connectivity index (χ1n) is 24.3. The lowest BCUT2D eigenvalue weighted by Crippen LogP contribution is -2.72. The minimum Gasteiger partial charge on any atom is -0.495 e. The van der Waals surface area contributed by atoms with E-state index in [2.05, 4.69) is 5.32 Å². The second kappa shape index (κ2) is 22.6. The van der Waals surface area contributed by atoms with E-state index < -0.39 is 88.3 Å². The number of fused-ring (bicyclic) bond motifs is 6. The van der Waals surface area contributed by atoms with Crippen LogP contribution >= 0.6 is 23.4 Å². The van der Waals surface area contributed by atoms with Crippen LogP contribution in [0.1, 0.15) is 104 Å². The zero-order valence-electron chi connectivity index (χ0n) is 41.7. The number of methoxy groups -OCH3 is 2. The summed E-state index contributed by atoms with van der Waals surface area (Å²) >= 11 is 8.13. The number of allylic oxidation sites excluding steroid dienone is 3. The van der Waals surface area contributed by atoms with Crippen molar-refractivity contribution in [1.29, 1.82) is 0 Å². The molecule has 0 spiro atoms. The van der Waals surface area contributed by atoms with Gasteiger partial charge in [-0.2, -0.15) is 0 Å². The number of thioether (sulfide) groups is 1. The molecule has 394 valence electrons. The Hall–Kier alpha value is -5.06. The first kappa shape index (κ1) is 54.7. The Bertz CT molecular complexity index is 2350. The van der Waals surface area contributed by atoms with E-state index in [9.17, 15) is 43.5 Å². The number of carbonyl (C=O) groups is 8. The van der Waals surface area contributed by atoms with Crippen molar-refractivity contribution in [3.63, 3.8) is 0 Å². The molecule has 72 heavy (non-hydrogen) atoms. The predicted octanol–water partition coefficient (Wildman–Crippen LogP) is 4.88. The van der Waals surface area contributed by atoms with Crippen LogP contribution in [0.5, 0.6) is 5.75 Å². The van der Waals surface area contributed by atoms with Gasteiger partial charge in [0.1, 0.15) is 40.3 Å². The number of aliphatic hydroxyl groups is 1. The highest BCUT2D eigenvalue weighted by atomic mass is 35.5. The fraction of sp³-hybridized carbons (Fsp3) is 0.640. The van der Waals surface area contributed by atoms with Gasteiger partial charge in [-0.1, -0.05) is 35.4 Å². The van der Waals surface area contributed by atoms with Crippen molar-refractivity contribution < 1.29 is 76.7 Å². The largest absolute Gasteiger partial charge is 0.495 e. The van der Waals surface area contributed by atoms with Gasteiger partial charge < -0.3 is 43.3 Å². The molecule has 1 aliphatic carbocycles. The third kappa shape index (κ3) is 12.1. The normalized spacial score (nSPS) is 32.8. The van der Waals surface area contributed by atoms with E-state index in [0.717, 1.165) is 11.1 Å². The van der Waals surface area contributed by atoms with Gasteiger partial charge in [-0.05, 0) is 95.6 Å². The first-order valence-corrected chi connectivity index (χ1v) is 25.8. The summed E-state index contributed by atoms with van der Waals surface area (Å²) in [4.78, 5) is 112. The fourth-order valence-corrected chi connectivity index (χ4v) is 11.8. The van der Waals surface area contributed by atoms with Crippen molar-refractivity contribution in [2.45, 2.75) is 151 Å². The number of alkyl carbamates (subject to hydrolysis) is 1. The quantitative estimate of drug-likeness (QED) is 0.143. The van der Waals surface area contributed by atoms with Crippen LogP contribution in [0, 0.1) is 11.8 Å². The lowest BCUT2D eigenvalue weighted by Gasteiger charge is -2.59. The minimum atomic E-state index is -1.89. The Balaban J connectivity index is 0.952. The molecule has 0 aromatic heterocycles. The van der Waals surface area contributed by atoms with Crippen molar-refractivity contribution in [3.05, 3.63) is 46.5 Å². The van der Waals surface area contributed by atoms with Crippen LogP contribution in [0.4, 0.5) is 10.5 Å². The van der Waals surface area contributed by atoms with E-state index >= 15 is 0 Å². The zero-order valence-corrected chi connectivity index (χ0v) is 43.3. The van der Waals surface area contributed by atoms with E-state index in [1.165, 1.54) is 42.7 Å².